The van der Waals surface area contributed by atoms with E-state index in [2.05, 4.69) is 10.3 Å². The number of aromatic amines is 1. The van der Waals surface area contributed by atoms with E-state index in [0.29, 0.717) is 10.9 Å². The molecule has 0 atom stereocenters. The van der Waals surface area contributed by atoms with Gasteiger partial charge in [-0.2, -0.15) is 0 Å². The van der Waals surface area contributed by atoms with E-state index < -0.39 is 6.09 Å². The average Bonchev–Trinajstić information content (AvgIpc) is 2.53. The summed E-state index contributed by atoms with van der Waals surface area (Å²) < 4.78 is 4.81. The molecule has 8 nitrogen and oxygen atoms in total. The number of hydrogen-bond acceptors (Lipinski definition) is 6. The number of nitrogens with one attached hydrogen (secondary N) is 2. The van der Waals surface area contributed by atoms with Gasteiger partial charge in [-0.3, -0.25) is 10.1 Å². The molecule has 0 aliphatic carbocycles. The number of benzene rings is 2. The lowest BCUT2D eigenvalue weighted by molar-refractivity contribution is 0.168. The molecule has 0 unspecified atom stereocenters. The predicted octanol–water partition coefficient (Wildman–Crippen LogP) is 2.88. The number of pyridine rings is 1. The van der Waals surface area contributed by atoms with Gasteiger partial charge in [0.15, 0.2) is 5.43 Å². The van der Waals surface area contributed by atoms with Crippen LogP contribution in [0, 0.1) is 0 Å². The Balaban J connectivity index is 2.21. The van der Waals surface area contributed by atoms with E-state index >= 15 is 0 Å². The van der Waals surface area contributed by atoms with Crippen LogP contribution in [0.5, 0.6) is 17.2 Å². The summed E-state index contributed by atoms with van der Waals surface area (Å²) in [5, 5.41) is 32.4. The van der Waals surface area contributed by atoms with Crippen LogP contribution in [0.2, 0.25) is 0 Å². The molecule has 0 bridgehead atoms. The van der Waals surface area contributed by atoms with Gasteiger partial charge in [0.1, 0.15) is 17.2 Å². The first kappa shape index (κ1) is 17.2. The van der Waals surface area contributed by atoms with Crippen molar-refractivity contribution < 1.29 is 24.9 Å². The van der Waals surface area contributed by atoms with Crippen LogP contribution in [0.4, 0.5) is 10.5 Å². The van der Waals surface area contributed by atoms with E-state index in [9.17, 15) is 24.9 Å². The summed E-state index contributed by atoms with van der Waals surface area (Å²) in [6, 6.07) is 7.79. The first-order chi connectivity index (χ1) is 12.4. The van der Waals surface area contributed by atoms with Gasteiger partial charge in [0.2, 0.25) is 0 Å². The normalized spacial score (nSPS) is 10.7. The van der Waals surface area contributed by atoms with Gasteiger partial charge in [-0.1, -0.05) is 0 Å². The highest BCUT2D eigenvalue weighted by Gasteiger charge is 2.17. The molecular weight excluding hydrogens is 340 g/mol. The fourth-order valence-electron chi connectivity index (χ4n) is 2.65. The highest BCUT2D eigenvalue weighted by atomic mass is 16.5. The molecule has 0 saturated carbocycles. The van der Waals surface area contributed by atoms with E-state index in [4.69, 9.17) is 4.74 Å². The van der Waals surface area contributed by atoms with Gasteiger partial charge in [-0.15, -0.1) is 0 Å². The van der Waals surface area contributed by atoms with Crippen molar-refractivity contribution in [3.05, 3.63) is 46.6 Å². The summed E-state index contributed by atoms with van der Waals surface area (Å²) in [5.41, 5.74) is 0.345. The van der Waals surface area contributed by atoms with E-state index in [1.165, 1.54) is 30.3 Å². The molecule has 0 fully saturated rings. The minimum absolute atomic E-state index is 0.0369. The van der Waals surface area contributed by atoms with Gasteiger partial charge in [0.25, 0.3) is 0 Å². The summed E-state index contributed by atoms with van der Waals surface area (Å²) >= 11 is 0. The number of carbonyl (C=O) groups excluding carboxylic acids is 1. The number of amides is 1. The second-order valence-electron chi connectivity index (χ2n) is 5.51. The van der Waals surface area contributed by atoms with Crippen molar-refractivity contribution in [2.75, 3.05) is 11.9 Å². The summed E-state index contributed by atoms with van der Waals surface area (Å²) in [6.07, 6.45) is -0.778. The van der Waals surface area contributed by atoms with Crippen LogP contribution in [0.15, 0.2) is 41.2 Å². The van der Waals surface area contributed by atoms with Crippen LogP contribution in [0.1, 0.15) is 6.92 Å². The molecule has 134 valence electrons. The van der Waals surface area contributed by atoms with Crippen molar-refractivity contribution in [1.29, 1.82) is 0 Å². The molecule has 0 aliphatic rings. The first-order valence-corrected chi connectivity index (χ1v) is 7.75. The molecule has 0 radical (unpaired) electrons. The molecule has 1 aromatic heterocycles. The van der Waals surface area contributed by atoms with Crippen molar-refractivity contribution in [3.63, 3.8) is 0 Å². The smallest absolute Gasteiger partial charge is 0.411 e. The molecule has 1 amide bonds. The molecule has 1 heterocycles. The number of H-pyrrole nitrogens is 1. The number of ether oxygens (including phenoxy) is 1. The van der Waals surface area contributed by atoms with Gasteiger partial charge >= 0.3 is 6.09 Å². The highest BCUT2D eigenvalue weighted by Crippen LogP contribution is 2.38. The van der Waals surface area contributed by atoms with Crippen molar-refractivity contribution in [1.82, 2.24) is 4.98 Å². The Morgan fingerprint density at radius 3 is 2.62 bits per heavy atom. The fraction of sp³-hybridized carbons (Fsp3) is 0.111. The fourth-order valence-corrected chi connectivity index (χ4v) is 2.65. The van der Waals surface area contributed by atoms with Gasteiger partial charge < -0.3 is 25.0 Å². The molecule has 3 rings (SSSR count). The number of anilines is 1. The maximum absolute atomic E-state index is 12.4. The Labute approximate surface area is 147 Å². The van der Waals surface area contributed by atoms with Crippen LogP contribution in [-0.4, -0.2) is 33.0 Å². The molecule has 8 heteroatoms. The standard InChI is InChI=1S/C18H16N2O6/c1-2-26-18(25)20-13-6-10(22)7-16(24)17(13)14-8-15(23)11-4-3-9(21)5-12(11)19-14/h3-8,21-22,24H,2H2,1H3,(H,19,23)(H,20,25). The minimum Gasteiger partial charge on any atom is -0.508 e. The summed E-state index contributed by atoms with van der Waals surface area (Å²) in [5.74, 6) is -0.670. The highest BCUT2D eigenvalue weighted by molar-refractivity contribution is 5.94. The SMILES string of the molecule is CCOC(=O)Nc1cc(O)cc(O)c1-c1cc(=O)c2ccc(O)cc2[nH]1. The third-order valence-corrected chi connectivity index (χ3v) is 3.70. The summed E-state index contributed by atoms with van der Waals surface area (Å²) in [6.45, 7) is 1.77. The quantitative estimate of drug-likeness (QED) is 0.490. The molecular formula is C18H16N2O6. The lowest BCUT2D eigenvalue weighted by atomic mass is 10.0. The predicted molar refractivity (Wildman–Crippen MR) is 95.6 cm³/mol. The number of phenolic OH excluding ortho intramolecular Hbond substituents is 3. The summed E-state index contributed by atoms with van der Waals surface area (Å²) in [7, 11) is 0. The monoisotopic (exact) mass is 356 g/mol. The van der Waals surface area contributed by atoms with E-state index in [1.807, 2.05) is 0 Å². The second kappa shape index (κ2) is 6.67. The van der Waals surface area contributed by atoms with Crippen molar-refractivity contribution in [3.8, 4) is 28.5 Å². The number of fused-ring (bicyclic) bond motifs is 1. The van der Waals surface area contributed by atoms with Crippen LogP contribution in [0.3, 0.4) is 0 Å². The number of phenols is 3. The molecule has 2 aromatic carbocycles. The Bertz CT molecular complexity index is 1060. The molecule has 0 aliphatic heterocycles. The zero-order valence-corrected chi connectivity index (χ0v) is 13.7. The van der Waals surface area contributed by atoms with Gasteiger partial charge in [0, 0.05) is 29.7 Å². The van der Waals surface area contributed by atoms with Crippen LogP contribution in [0.25, 0.3) is 22.2 Å². The number of rotatable bonds is 3. The van der Waals surface area contributed by atoms with E-state index in [1.54, 1.807) is 6.92 Å². The van der Waals surface area contributed by atoms with Crippen molar-refractivity contribution in [2.24, 2.45) is 0 Å². The third kappa shape index (κ3) is 3.25. The Morgan fingerprint density at radius 1 is 1.12 bits per heavy atom. The zero-order chi connectivity index (χ0) is 18.8. The average molecular weight is 356 g/mol. The van der Waals surface area contributed by atoms with Gasteiger partial charge in [-0.05, 0) is 19.1 Å². The van der Waals surface area contributed by atoms with Crippen LogP contribution < -0.4 is 10.7 Å². The maximum atomic E-state index is 12.4. The molecule has 0 saturated heterocycles. The summed E-state index contributed by atoms with van der Waals surface area (Å²) in [4.78, 5) is 27.0. The molecule has 3 aromatic rings. The number of aromatic nitrogens is 1. The molecule has 0 spiro atoms. The number of aromatic hydroxyl groups is 3. The first-order valence-electron chi connectivity index (χ1n) is 7.75. The van der Waals surface area contributed by atoms with E-state index in [-0.39, 0.29) is 46.2 Å². The lowest BCUT2D eigenvalue weighted by Gasteiger charge is -2.14. The molecule has 5 N–H and O–H groups in total. The zero-order valence-electron chi connectivity index (χ0n) is 13.7. The van der Waals surface area contributed by atoms with Crippen LogP contribution in [-0.2, 0) is 4.74 Å². The Kier molecular flexibility index (Phi) is 4.40. The Hall–Kier alpha value is -3.68. The van der Waals surface area contributed by atoms with Crippen molar-refractivity contribution >= 4 is 22.7 Å². The van der Waals surface area contributed by atoms with E-state index in [0.717, 1.165) is 6.07 Å². The largest absolute Gasteiger partial charge is 0.508 e. The molecule has 26 heavy (non-hydrogen) atoms. The second-order valence-corrected chi connectivity index (χ2v) is 5.51. The Morgan fingerprint density at radius 2 is 1.88 bits per heavy atom. The van der Waals surface area contributed by atoms with Crippen LogP contribution >= 0.6 is 0 Å². The van der Waals surface area contributed by atoms with Gasteiger partial charge in [-0.25, -0.2) is 4.79 Å². The van der Waals surface area contributed by atoms with Gasteiger partial charge in [0.05, 0.1) is 29.1 Å². The third-order valence-electron chi connectivity index (χ3n) is 3.70. The topological polar surface area (TPSA) is 132 Å². The number of hydrogen-bond donors (Lipinski definition) is 5. The number of carbonyl (C=O) groups is 1. The lowest BCUT2D eigenvalue weighted by Crippen LogP contribution is -2.14. The minimum atomic E-state index is -0.778. The van der Waals surface area contributed by atoms with Crippen molar-refractivity contribution in [2.45, 2.75) is 6.92 Å². The maximum Gasteiger partial charge on any atom is 0.411 e.